The fourth-order valence-electron chi connectivity index (χ4n) is 1.80. The molecule has 0 aliphatic carbocycles. The second-order valence-corrected chi connectivity index (χ2v) is 4.73. The number of carbonyl (C=O) groups excluding carboxylic acids is 2. The van der Waals surface area contributed by atoms with E-state index < -0.39 is 12.1 Å². The van der Waals surface area contributed by atoms with E-state index in [4.69, 9.17) is 5.73 Å². The number of amides is 2. The van der Waals surface area contributed by atoms with E-state index in [-0.39, 0.29) is 24.2 Å². The van der Waals surface area contributed by atoms with Crippen LogP contribution >= 0.6 is 12.4 Å². The molecule has 0 radical (unpaired) electrons. The van der Waals surface area contributed by atoms with Crippen LogP contribution in [-0.2, 0) is 9.59 Å². The Balaban J connectivity index is 0.00000256. The fourth-order valence-corrected chi connectivity index (χ4v) is 1.80. The lowest BCUT2D eigenvalue weighted by Crippen LogP contribution is -2.54. The zero-order chi connectivity index (χ0) is 12.1. The molecule has 1 heterocycles. The van der Waals surface area contributed by atoms with Crippen LogP contribution in [0, 0.1) is 5.92 Å². The van der Waals surface area contributed by atoms with Crippen molar-refractivity contribution < 1.29 is 9.59 Å². The minimum Gasteiger partial charge on any atom is -0.354 e. The molecule has 1 aliphatic heterocycles. The van der Waals surface area contributed by atoms with Gasteiger partial charge < -0.3 is 16.4 Å². The predicted octanol–water partition coefficient (Wildman–Crippen LogP) is 0.176. The number of piperidine rings is 1. The molecule has 4 N–H and O–H groups in total. The van der Waals surface area contributed by atoms with Gasteiger partial charge in [0.15, 0.2) is 0 Å². The molecule has 1 fully saturated rings. The number of halogens is 1. The SMILES string of the molecule is CC(C)C[C@H](N)C(=O)NC1CCCNC1=O.Cl. The Bertz CT molecular complexity index is 271. The van der Waals surface area contributed by atoms with Crippen molar-refractivity contribution in [2.75, 3.05) is 6.54 Å². The van der Waals surface area contributed by atoms with Crippen LogP contribution in [0.25, 0.3) is 0 Å². The fraction of sp³-hybridized carbons (Fsp3) is 0.818. The topological polar surface area (TPSA) is 84.2 Å². The van der Waals surface area contributed by atoms with E-state index >= 15 is 0 Å². The average Bonchev–Trinajstić information content (AvgIpc) is 2.20. The lowest BCUT2D eigenvalue weighted by Gasteiger charge is -2.24. The van der Waals surface area contributed by atoms with E-state index in [1.165, 1.54) is 0 Å². The third-order valence-electron chi connectivity index (χ3n) is 2.66. The first-order valence-electron chi connectivity index (χ1n) is 5.84. The molecule has 6 heteroatoms. The van der Waals surface area contributed by atoms with E-state index in [1.54, 1.807) is 0 Å². The van der Waals surface area contributed by atoms with Crippen molar-refractivity contribution in [1.29, 1.82) is 0 Å². The molecule has 100 valence electrons. The average molecular weight is 264 g/mol. The Kier molecular flexibility index (Phi) is 7.15. The zero-order valence-corrected chi connectivity index (χ0v) is 11.2. The van der Waals surface area contributed by atoms with E-state index in [9.17, 15) is 9.59 Å². The molecule has 0 aromatic rings. The van der Waals surface area contributed by atoms with Crippen molar-refractivity contribution in [2.45, 2.75) is 45.2 Å². The van der Waals surface area contributed by atoms with E-state index in [1.807, 2.05) is 13.8 Å². The second-order valence-electron chi connectivity index (χ2n) is 4.73. The Morgan fingerprint density at radius 2 is 2.24 bits per heavy atom. The van der Waals surface area contributed by atoms with Gasteiger partial charge in [-0.25, -0.2) is 0 Å². The van der Waals surface area contributed by atoms with Crippen LogP contribution < -0.4 is 16.4 Å². The molecule has 0 saturated carbocycles. The van der Waals surface area contributed by atoms with Gasteiger partial charge in [-0.2, -0.15) is 0 Å². The van der Waals surface area contributed by atoms with Crippen LogP contribution in [0.5, 0.6) is 0 Å². The highest BCUT2D eigenvalue weighted by Gasteiger charge is 2.25. The maximum atomic E-state index is 11.7. The van der Waals surface area contributed by atoms with Gasteiger partial charge in [0.2, 0.25) is 11.8 Å². The lowest BCUT2D eigenvalue weighted by molar-refractivity contribution is -0.130. The smallest absolute Gasteiger partial charge is 0.242 e. The van der Waals surface area contributed by atoms with Crippen molar-refractivity contribution in [3.05, 3.63) is 0 Å². The Hall–Kier alpha value is -0.810. The largest absolute Gasteiger partial charge is 0.354 e. The van der Waals surface area contributed by atoms with Gasteiger partial charge in [-0.1, -0.05) is 13.8 Å². The van der Waals surface area contributed by atoms with Gasteiger partial charge in [0.05, 0.1) is 6.04 Å². The summed E-state index contributed by atoms with van der Waals surface area (Å²) in [6.45, 7) is 4.73. The Morgan fingerprint density at radius 3 is 2.76 bits per heavy atom. The number of hydrogen-bond donors (Lipinski definition) is 3. The summed E-state index contributed by atoms with van der Waals surface area (Å²) in [7, 11) is 0. The van der Waals surface area contributed by atoms with Gasteiger partial charge in [0.1, 0.15) is 6.04 Å². The van der Waals surface area contributed by atoms with E-state index in [0.29, 0.717) is 25.3 Å². The summed E-state index contributed by atoms with van der Waals surface area (Å²) in [4.78, 5) is 23.1. The quantitative estimate of drug-likeness (QED) is 0.676. The third-order valence-corrected chi connectivity index (χ3v) is 2.66. The molecule has 2 amide bonds. The Labute approximate surface area is 108 Å². The summed E-state index contributed by atoms with van der Waals surface area (Å²) in [6.07, 6.45) is 2.24. The summed E-state index contributed by atoms with van der Waals surface area (Å²) in [5.41, 5.74) is 5.74. The van der Waals surface area contributed by atoms with Crippen LogP contribution in [0.15, 0.2) is 0 Å². The molecule has 0 bridgehead atoms. The molecule has 2 atom stereocenters. The normalized spacial score (nSPS) is 21.4. The standard InChI is InChI=1S/C11H21N3O2.ClH/c1-7(2)6-8(12)10(15)14-9-4-3-5-13-11(9)16;/h7-9H,3-6,12H2,1-2H3,(H,13,16)(H,14,15);1H/t8-,9?;/m0./s1. The van der Waals surface area contributed by atoms with Gasteiger partial charge in [0, 0.05) is 6.54 Å². The molecule has 0 aromatic heterocycles. The molecular weight excluding hydrogens is 242 g/mol. The zero-order valence-electron chi connectivity index (χ0n) is 10.4. The van der Waals surface area contributed by atoms with Crippen molar-refractivity contribution in [3.8, 4) is 0 Å². The minimum absolute atomic E-state index is 0. The van der Waals surface area contributed by atoms with Crippen LogP contribution in [0.4, 0.5) is 0 Å². The minimum atomic E-state index is -0.519. The van der Waals surface area contributed by atoms with Gasteiger partial charge >= 0.3 is 0 Å². The maximum absolute atomic E-state index is 11.7. The van der Waals surface area contributed by atoms with Crippen molar-refractivity contribution >= 4 is 24.2 Å². The first-order valence-corrected chi connectivity index (χ1v) is 5.84. The lowest BCUT2D eigenvalue weighted by atomic mass is 10.0. The second kappa shape index (κ2) is 7.50. The first kappa shape index (κ1) is 16.2. The molecule has 0 spiro atoms. The summed E-state index contributed by atoms with van der Waals surface area (Å²) < 4.78 is 0. The molecule has 1 saturated heterocycles. The maximum Gasteiger partial charge on any atom is 0.242 e. The van der Waals surface area contributed by atoms with Crippen LogP contribution in [0.2, 0.25) is 0 Å². The van der Waals surface area contributed by atoms with Gasteiger partial charge in [-0.15, -0.1) is 12.4 Å². The van der Waals surface area contributed by atoms with E-state index in [2.05, 4.69) is 10.6 Å². The third kappa shape index (κ3) is 5.37. The number of hydrogen-bond acceptors (Lipinski definition) is 3. The van der Waals surface area contributed by atoms with Crippen LogP contribution in [0.1, 0.15) is 33.1 Å². The van der Waals surface area contributed by atoms with Crippen molar-refractivity contribution in [3.63, 3.8) is 0 Å². The van der Waals surface area contributed by atoms with Gasteiger partial charge in [-0.3, -0.25) is 9.59 Å². The number of nitrogens with one attached hydrogen (secondary N) is 2. The van der Waals surface area contributed by atoms with Crippen LogP contribution in [0.3, 0.4) is 0 Å². The van der Waals surface area contributed by atoms with Crippen LogP contribution in [-0.4, -0.2) is 30.4 Å². The first-order chi connectivity index (χ1) is 7.50. The summed E-state index contributed by atoms with van der Waals surface area (Å²) in [5.74, 6) is 0.0491. The number of rotatable bonds is 4. The molecule has 1 unspecified atom stereocenters. The molecular formula is C11H22ClN3O2. The molecule has 1 aliphatic rings. The van der Waals surface area contributed by atoms with Crippen molar-refractivity contribution in [2.24, 2.45) is 11.7 Å². The molecule has 1 rings (SSSR count). The predicted molar refractivity (Wildman–Crippen MR) is 68.9 cm³/mol. The summed E-state index contributed by atoms with van der Waals surface area (Å²) in [5, 5.41) is 5.42. The van der Waals surface area contributed by atoms with Gasteiger partial charge in [-0.05, 0) is 25.2 Å². The molecule has 5 nitrogen and oxygen atoms in total. The number of carbonyl (C=O) groups is 2. The van der Waals surface area contributed by atoms with Gasteiger partial charge in [0.25, 0.3) is 0 Å². The highest BCUT2D eigenvalue weighted by Crippen LogP contribution is 2.06. The monoisotopic (exact) mass is 263 g/mol. The van der Waals surface area contributed by atoms with E-state index in [0.717, 1.165) is 6.42 Å². The van der Waals surface area contributed by atoms with Crippen molar-refractivity contribution in [1.82, 2.24) is 10.6 Å². The summed E-state index contributed by atoms with van der Waals surface area (Å²) in [6, 6.07) is -0.922. The molecule has 17 heavy (non-hydrogen) atoms. The highest BCUT2D eigenvalue weighted by atomic mass is 35.5. The summed E-state index contributed by atoms with van der Waals surface area (Å²) >= 11 is 0. The number of nitrogens with two attached hydrogens (primary N) is 1. The Morgan fingerprint density at radius 1 is 1.59 bits per heavy atom. The molecule has 0 aromatic carbocycles. The highest BCUT2D eigenvalue weighted by molar-refractivity contribution is 5.90.